The zero-order valence-electron chi connectivity index (χ0n) is 15.8. The van der Waals surface area contributed by atoms with Crippen molar-refractivity contribution in [3.05, 3.63) is 75.5 Å². The van der Waals surface area contributed by atoms with Gasteiger partial charge in [-0.25, -0.2) is 0 Å². The van der Waals surface area contributed by atoms with Crippen molar-refractivity contribution in [2.24, 2.45) is 0 Å². The van der Waals surface area contributed by atoms with E-state index in [9.17, 15) is 19.7 Å². The number of hydrogen-bond acceptors (Lipinski definition) is 5. The number of benzene rings is 2. The number of non-ortho nitro benzene ring substituents is 1. The Morgan fingerprint density at radius 2 is 1.82 bits per heavy atom. The van der Waals surface area contributed by atoms with Gasteiger partial charge in [-0.2, -0.15) is 0 Å². The Bertz CT molecular complexity index is 904. The molecule has 0 saturated heterocycles. The van der Waals surface area contributed by atoms with E-state index in [1.807, 2.05) is 0 Å². The molecule has 146 valence electrons. The minimum atomic E-state index is -0.527. The minimum Gasteiger partial charge on any atom is -0.497 e. The number of nitrogens with zero attached hydrogens (tertiary/aromatic N) is 1. The molecular formula is C20H21N3O5. The summed E-state index contributed by atoms with van der Waals surface area (Å²) in [6, 6.07) is 12.0. The van der Waals surface area contributed by atoms with Gasteiger partial charge in [0.05, 0.1) is 12.0 Å². The first-order valence-corrected chi connectivity index (χ1v) is 8.52. The van der Waals surface area contributed by atoms with Gasteiger partial charge in [0, 0.05) is 23.7 Å². The topological polar surface area (TPSA) is 111 Å². The van der Waals surface area contributed by atoms with Crippen molar-refractivity contribution in [3.8, 4) is 5.75 Å². The lowest BCUT2D eigenvalue weighted by molar-refractivity contribution is -0.384. The van der Waals surface area contributed by atoms with Gasteiger partial charge >= 0.3 is 0 Å². The smallest absolute Gasteiger partial charge is 0.270 e. The summed E-state index contributed by atoms with van der Waals surface area (Å²) < 4.78 is 5.06. The highest BCUT2D eigenvalue weighted by Gasteiger charge is 2.16. The largest absolute Gasteiger partial charge is 0.497 e. The number of ether oxygens (including phenoxy) is 1. The number of nitrogens with one attached hydrogen (secondary N) is 2. The molecule has 0 unspecified atom stereocenters. The number of amides is 2. The molecule has 2 rings (SSSR count). The second-order valence-electron chi connectivity index (χ2n) is 6.22. The SMILES string of the molecule is COc1ccc(C(=O)N/C(=C/c2cccc([N+](=O)[O-])c2)C(=O)NC(C)C)cc1. The first kappa shape index (κ1) is 20.6. The lowest BCUT2D eigenvalue weighted by Gasteiger charge is -2.13. The van der Waals surface area contributed by atoms with Crippen LogP contribution in [0.2, 0.25) is 0 Å². The number of hydrogen-bond donors (Lipinski definition) is 2. The minimum absolute atomic E-state index is 0.0185. The van der Waals surface area contributed by atoms with Gasteiger partial charge in [-0.3, -0.25) is 19.7 Å². The number of carbonyl (C=O) groups is 2. The standard InChI is InChI=1S/C20H21N3O5/c1-13(2)21-20(25)18(12-14-5-4-6-16(11-14)23(26)27)22-19(24)15-7-9-17(28-3)10-8-15/h4-13H,1-3H3,(H,21,25)(H,22,24)/b18-12+. The second kappa shape index (κ2) is 9.31. The van der Waals surface area contributed by atoms with Gasteiger partial charge in [0.15, 0.2) is 0 Å². The molecule has 0 fully saturated rings. The molecule has 0 saturated carbocycles. The number of methoxy groups -OCH3 is 1. The summed E-state index contributed by atoms with van der Waals surface area (Å²) in [7, 11) is 1.52. The van der Waals surface area contributed by atoms with Crippen LogP contribution in [0.3, 0.4) is 0 Å². The van der Waals surface area contributed by atoms with E-state index in [1.54, 1.807) is 44.2 Å². The third-order valence-electron chi connectivity index (χ3n) is 3.66. The lowest BCUT2D eigenvalue weighted by Crippen LogP contribution is -2.38. The first-order chi connectivity index (χ1) is 13.3. The molecule has 0 radical (unpaired) electrons. The fraction of sp³-hybridized carbons (Fsp3) is 0.200. The molecule has 0 aliphatic rings. The Kier molecular flexibility index (Phi) is 6.86. The summed E-state index contributed by atoms with van der Waals surface area (Å²) in [6.07, 6.45) is 1.39. The molecule has 2 aromatic carbocycles. The molecule has 2 amide bonds. The predicted octanol–water partition coefficient (Wildman–Crippen LogP) is 2.90. The second-order valence-corrected chi connectivity index (χ2v) is 6.22. The molecule has 0 spiro atoms. The van der Waals surface area contributed by atoms with Gasteiger partial charge < -0.3 is 15.4 Å². The van der Waals surface area contributed by atoms with E-state index in [1.165, 1.54) is 31.4 Å². The van der Waals surface area contributed by atoms with Crippen LogP contribution < -0.4 is 15.4 Å². The van der Waals surface area contributed by atoms with Crippen LogP contribution in [0, 0.1) is 10.1 Å². The van der Waals surface area contributed by atoms with E-state index in [0.717, 1.165) is 0 Å². The predicted molar refractivity (Wildman–Crippen MR) is 105 cm³/mol. The summed E-state index contributed by atoms with van der Waals surface area (Å²) >= 11 is 0. The maximum atomic E-state index is 12.5. The van der Waals surface area contributed by atoms with E-state index in [4.69, 9.17) is 4.74 Å². The molecule has 0 atom stereocenters. The third-order valence-corrected chi connectivity index (χ3v) is 3.66. The van der Waals surface area contributed by atoms with Crippen molar-refractivity contribution in [2.75, 3.05) is 7.11 Å². The molecule has 0 heterocycles. The number of rotatable bonds is 7. The van der Waals surface area contributed by atoms with E-state index in [2.05, 4.69) is 10.6 Å². The first-order valence-electron chi connectivity index (χ1n) is 8.52. The summed E-state index contributed by atoms with van der Waals surface area (Å²) in [5.74, 6) is -0.386. The van der Waals surface area contributed by atoms with Crippen LogP contribution in [-0.4, -0.2) is 29.9 Å². The molecule has 8 nitrogen and oxygen atoms in total. The van der Waals surface area contributed by atoms with Crippen LogP contribution in [0.5, 0.6) is 5.75 Å². The number of nitro groups is 1. The molecule has 0 aromatic heterocycles. The molecule has 2 aromatic rings. The van der Waals surface area contributed by atoms with Gasteiger partial charge in [-0.15, -0.1) is 0 Å². The average molecular weight is 383 g/mol. The summed E-state index contributed by atoms with van der Waals surface area (Å²) in [4.78, 5) is 35.5. The van der Waals surface area contributed by atoms with E-state index in [-0.39, 0.29) is 17.4 Å². The number of nitro benzene ring substituents is 1. The van der Waals surface area contributed by atoms with Crippen LogP contribution in [0.1, 0.15) is 29.8 Å². The zero-order chi connectivity index (χ0) is 20.7. The van der Waals surface area contributed by atoms with Gasteiger partial charge in [-0.05, 0) is 49.8 Å². The van der Waals surface area contributed by atoms with E-state index in [0.29, 0.717) is 16.9 Å². The lowest BCUT2D eigenvalue weighted by atomic mass is 10.1. The van der Waals surface area contributed by atoms with Crippen molar-refractivity contribution < 1.29 is 19.2 Å². The van der Waals surface area contributed by atoms with Crippen LogP contribution in [0.4, 0.5) is 5.69 Å². The van der Waals surface area contributed by atoms with Crippen LogP contribution in [-0.2, 0) is 4.79 Å². The van der Waals surface area contributed by atoms with Crippen molar-refractivity contribution >= 4 is 23.6 Å². The summed E-state index contributed by atoms with van der Waals surface area (Å²) in [5, 5.41) is 16.2. The molecular weight excluding hydrogens is 362 g/mol. The molecule has 0 aliphatic heterocycles. The molecule has 2 N–H and O–H groups in total. The highest BCUT2D eigenvalue weighted by atomic mass is 16.6. The van der Waals surface area contributed by atoms with Gasteiger partial charge in [0.25, 0.3) is 17.5 Å². The Labute approximate surface area is 162 Å². The van der Waals surface area contributed by atoms with Crippen LogP contribution in [0.15, 0.2) is 54.2 Å². The van der Waals surface area contributed by atoms with Gasteiger partial charge in [-0.1, -0.05) is 12.1 Å². The molecule has 0 aliphatic carbocycles. The highest BCUT2D eigenvalue weighted by Crippen LogP contribution is 2.16. The van der Waals surface area contributed by atoms with Crippen LogP contribution in [0.25, 0.3) is 6.08 Å². The Morgan fingerprint density at radius 1 is 1.14 bits per heavy atom. The molecule has 0 bridgehead atoms. The fourth-order valence-corrected chi connectivity index (χ4v) is 2.33. The zero-order valence-corrected chi connectivity index (χ0v) is 15.8. The van der Waals surface area contributed by atoms with Crippen LogP contribution >= 0.6 is 0 Å². The Morgan fingerprint density at radius 3 is 2.39 bits per heavy atom. The maximum Gasteiger partial charge on any atom is 0.270 e. The quantitative estimate of drug-likeness (QED) is 0.434. The summed E-state index contributed by atoms with van der Waals surface area (Å²) in [5.41, 5.74) is 0.620. The van der Waals surface area contributed by atoms with Gasteiger partial charge in [0.1, 0.15) is 11.4 Å². The van der Waals surface area contributed by atoms with E-state index >= 15 is 0 Å². The van der Waals surface area contributed by atoms with Crippen molar-refractivity contribution in [1.82, 2.24) is 10.6 Å². The van der Waals surface area contributed by atoms with Gasteiger partial charge in [0.2, 0.25) is 0 Å². The normalized spacial score (nSPS) is 11.1. The maximum absolute atomic E-state index is 12.5. The highest BCUT2D eigenvalue weighted by molar-refractivity contribution is 6.05. The van der Waals surface area contributed by atoms with Crippen molar-refractivity contribution in [3.63, 3.8) is 0 Å². The van der Waals surface area contributed by atoms with E-state index < -0.39 is 16.7 Å². The van der Waals surface area contributed by atoms with Crippen molar-refractivity contribution in [1.29, 1.82) is 0 Å². The average Bonchev–Trinajstić information content (AvgIpc) is 2.67. The number of carbonyl (C=O) groups excluding carboxylic acids is 2. The molecule has 28 heavy (non-hydrogen) atoms. The monoisotopic (exact) mass is 383 g/mol. The Hall–Kier alpha value is -3.68. The van der Waals surface area contributed by atoms with Crippen molar-refractivity contribution in [2.45, 2.75) is 19.9 Å². The fourth-order valence-electron chi connectivity index (χ4n) is 2.33. The molecule has 8 heteroatoms. The Balaban J connectivity index is 2.33. The third kappa shape index (κ3) is 5.66. The summed E-state index contributed by atoms with van der Waals surface area (Å²) in [6.45, 7) is 3.57.